The molecule has 0 bridgehead atoms. The zero-order chi connectivity index (χ0) is 19.1. The molecule has 1 aliphatic heterocycles. The van der Waals surface area contributed by atoms with Gasteiger partial charge in [0.2, 0.25) is 5.95 Å². The summed E-state index contributed by atoms with van der Waals surface area (Å²) in [4.78, 5) is 20.5. The van der Waals surface area contributed by atoms with Crippen molar-refractivity contribution in [3.8, 4) is 11.3 Å². The zero-order valence-corrected chi connectivity index (χ0v) is 16.4. The van der Waals surface area contributed by atoms with Crippen molar-refractivity contribution < 1.29 is 0 Å². The first kappa shape index (κ1) is 17.4. The molecule has 0 saturated heterocycles. The van der Waals surface area contributed by atoms with Crippen molar-refractivity contribution in [2.45, 2.75) is 38.8 Å². The third-order valence-electron chi connectivity index (χ3n) is 5.27. The Kier molecular flexibility index (Phi) is 4.36. The van der Waals surface area contributed by atoms with Gasteiger partial charge in [0.15, 0.2) is 0 Å². The second kappa shape index (κ2) is 7.02. The summed E-state index contributed by atoms with van der Waals surface area (Å²) < 4.78 is 0. The van der Waals surface area contributed by atoms with E-state index >= 15 is 0 Å². The molecule has 5 rings (SSSR count). The Morgan fingerprint density at radius 1 is 1.18 bits per heavy atom. The first-order valence-electron chi connectivity index (χ1n) is 9.61. The molecule has 0 radical (unpaired) electrons. The largest absolute Gasteiger partial charge is 0.352 e. The zero-order valence-electron chi connectivity index (χ0n) is 15.7. The predicted molar refractivity (Wildman–Crippen MR) is 111 cm³/mol. The molecular formula is C21H21ClN6. The monoisotopic (exact) mass is 392 g/mol. The van der Waals surface area contributed by atoms with Gasteiger partial charge >= 0.3 is 0 Å². The summed E-state index contributed by atoms with van der Waals surface area (Å²) in [5.74, 6) is 1.66. The summed E-state index contributed by atoms with van der Waals surface area (Å²) in [6.07, 6.45) is 8.76. The van der Waals surface area contributed by atoms with Gasteiger partial charge in [0.05, 0.1) is 16.4 Å². The summed E-state index contributed by atoms with van der Waals surface area (Å²) in [7, 11) is 0. The van der Waals surface area contributed by atoms with Crippen molar-refractivity contribution in [1.29, 1.82) is 0 Å². The number of pyridine rings is 2. The fourth-order valence-corrected chi connectivity index (χ4v) is 3.73. The van der Waals surface area contributed by atoms with Crippen LogP contribution in [0.15, 0.2) is 36.8 Å². The van der Waals surface area contributed by atoms with Crippen LogP contribution in [0.4, 0.5) is 11.8 Å². The lowest BCUT2D eigenvalue weighted by atomic mass is 10.1. The Labute approximate surface area is 169 Å². The van der Waals surface area contributed by atoms with E-state index in [0.717, 1.165) is 59.4 Å². The number of rotatable bonds is 4. The van der Waals surface area contributed by atoms with E-state index in [2.05, 4.69) is 25.2 Å². The number of aromatic nitrogens is 4. The minimum atomic E-state index is 0.560. The number of fused-ring (bicyclic) bond motifs is 1. The molecule has 1 fully saturated rings. The number of nitrogens with one attached hydrogen (secondary N) is 1. The maximum Gasteiger partial charge on any atom is 0.223 e. The number of nitrogens with zero attached hydrogens (tertiary/aromatic N) is 5. The normalized spacial score (nSPS) is 16.0. The highest BCUT2D eigenvalue weighted by Gasteiger charge is 2.24. The van der Waals surface area contributed by atoms with Crippen LogP contribution < -0.4 is 10.2 Å². The van der Waals surface area contributed by atoms with Gasteiger partial charge in [0.25, 0.3) is 0 Å². The van der Waals surface area contributed by atoms with Crippen LogP contribution in [-0.4, -0.2) is 32.5 Å². The van der Waals surface area contributed by atoms with Gasteiger partial charge in [-0.15, -0.1) is 0 Å². The molecule has 6 nitrogen and oxygen atoms in total. The highest BCUT2D eigenvalue weighted by molar-refractivity contribution is 6.33. The van der Waals surface area contributed by atoms with E-state index in [1.807, 2.05) is 31.3 Å². The van der Waals surface area contributed by atoms with Crippen LogP contribution in [0.3, 0.4) is 0 Å². The standard InChI is InChI=1S/C21H21ClN6/c1-13-3-2-7-23-20(13)16-9-19(24-11-17(16)22)28-8-6-18-14(12-28)10-25-21(27-18)26-15-4-5-15/h2-3,7,9-11,15H,4-6,8,12H2,1H3,(H,25,26,27). The van der Waals surface area contributed by atoms with Crippen LogP contribution in [-0.2, 0) is 13.0 Å². The number of hydrogen-bond donors (Lipinski definition) is 1. The maximum atomic E-state index is 6.44. The fourth-order valence-electron chi connectivity index (χ4n) is 3.54. The van der Waals surface area contributed by atoms with E-state index in [4.69, 9.17) is 16.6 Å². The molecule has 3 aromatic rings. The van der Waals surface area contributed by atoms with Crippen molar-refractivity contribution in [3.63, 3.8) is 0 Å². The van der Waals surface area contributed by atoms with E-state index in [0.29, 0.717) is 11.1 Å². The quantitative estimate of drug-likeness (QED) is 0.723. The van der Waals surface area contributed by atoms with Crippen molar-refractivity contribution in [2.24, 2.45) is 0 Å². The Bertz CT molecular complexity index is 1030. The van der Waals surface area contributed by atoms with Gasteiger partial charge in [0, 0.05) is 55.3 Å². The Morgan fingerprint density at radius 3 is 2.89 bits per heavy atom. The summed E-state index contributed by atoms with van der Waals surface area (Å²) in [5, 5.41) is 3.99. The first-order valence-corrected chi connectivity index (χ1v) is 9.99. The minimum absolute atomic E-state index is 0.560. The molecule has 142 valence electrons. The molecule has 1 N–H and O–H groups in total. The van der Waals surface area contributed by atoms with Gasteiger partial charge < -0.3 is 10.2 Å². The molecule has 1 aliphatic carbocycles. The lowest BCUT2D eigenvalue weighted by Gasteiger charge is -2.29. The van der Waals surface area contributed by atoms with Gasteiger partial charge in [-0.2, -0.15) is 0 Å². The number of hydrogen-bond acceptors (Lipinski definition) is 6. The van der Waals surface area contributed by atoms with Crippen molar-refractivity contribution in [3.05, 3.63) is 58.6 Å². The van der Waals surface area contributed by atoms with Gasteiger partial charge in [-0.1, -0.05) is 17.7 Å². The molecule has 0 aromatic carbocycles. The van der Waals surface area contributed by atoms with E-state index in [-0.39, 0.29) is 0 Å². The van der Waals surface area contributed by atoms with Crippen LogP contribution in [0.2, 0.25) is 5.02 Å². The average Bonchev–Trinajstić information content (AvgIpc) is 3.53. The van der Waals surface area contributed by atoms with E-state index in [1.54, 1.807) is 12.4 Å². The maximum absolute atomic E-state index is 6.44. The lowest BCUT2D eigenvalue weighted by Crippen LogP contribution is -2.32. The van der Waals surface area contributed by atoms with Crippen molar-refractivity contribution >= 4 is 23.4 Å². The van der Waals surface area contributed by atoms with Gasteiger partial charge in [0.1, 0.15) is 5.82 Å². The first-order chi connectivity index (χ1) is 13.7. The molecular weight excluding hydrogens is 372 g/mol. The van der Waals surface area contributed by atoms with Crippen LogP contribution in [0, 0.1) is 6.92 Å². The topological polar surface area (TPSA) is 66.8 Å². The predicted octanol–water partition coefficient (Wildman–Crippen LogP) is 4.03. The lowest BCUT2D eigenvalue weighted by molar-refractivity contribution is 0.697. The smallest absolute Gasteiger partial charge is 0.223 e. The summed E-state index contributed by atoms with van der Waals surface area (Å²) in [6, 6.07) is 6.57. The average molecular weight is 393 g/mol. The second-order valence-electron chi connectivity index (χ2n) is 7.45. The molecule has 4 heterocycles. The van der Waals surface area contributed by atoms with Crippen LogP contribution in [0.25, 0.3) is 11.3 Å². The molecule has 0 unspecified atom stereocenters. The van der Waals surface area contributed by atoms with Gasteiger partial charge in [-0.25, -0.2) is 15.0 Å². The Morgan fingerprint density at radius 2 is 2.07 bits per heavy atom. The van der Waals surface area contributed by atoms with Gasteiger partial charge in [-0.05, 0) is 37.5 Å². The van der Waals surface area contributed by atoms with E-state index in [1.165, 1.54) is 12.8 Å². The van der Waals surface area contributed by atoms with Crippen LogP contribution in [0.5, 0.6) is 0 Å². The number of halogens is 1. The third-order valence-corrected chi connectivity index (χ3v) is 5.58. The van der Waals surface area contributed by atoms with Crippen LogP contribution >= 0.6 is 11.6 Å². The molecule has 2 aliphatic rings. The Hall–Kier alpha value is -2.73. The summed E-state index contributed by atoms with van der Waals surface area (Å²) in [6.45, 7) is 3.65. The van der Waals surface area contributed by atoms with E-state index < -0.39 is 0 Å². The molecule has 7 heteroatoms. The SMILES string of the molecule is Cc1cccnc1-c1cc(N2CCc3nc(NC4CC4)ncc3C2)ncc1Cl. The number of anilines is 2. The summed E-state index contributed by atoms with van der Waals surface area (Å²) in [5.41, 5.74) is 5.18. The molecule has 0 spiro atoms. The van der Waals surface area contributed by atoms with Crippen molar-refractivity contribution in [1.82, 2.24) is 19.9 Å². The van der Waals surface area contributed by atoms with Crippen molar-refractivity contribution in [2.75, 3.05) is 16.8 Å². The minimum Gasteiger partial charge on any atom is -0.352 e. The molecule has 0 amide bonds. The van der Waals surface area contributed by atoms with E-state index in [9.17, 15) is 0 Å². The van der Waals surface area contributed by atoms with Gasteiger partial charge in [-0.3, -0.25) is 4.98 Å². The number of aryl methyl sites for hydroxylation is 1. The third kappa shape index (κ3) is 3.40. The molecule has 0 atom stereocenters. The molecule has 28 heavy (non-hydrogen) atoms. The molecule has 3 aromatic heterocycles. The highest BCUT2D eigenvalue weighted by Crippen LogP contribution is 2.32. The second-order valence-corrected chi connectivity index (χ2v) is 7.85. The fraction of sp³-hybridized carbons (Fsp3) is 0.333. The Balaban J connectivity index is 1.41. The molecule has 1 saturated carbocycles. The summed E-state index contributed by atoms with van der Waals surface area (Å²) >= 11 is 6.44. The van der Waals surface area contributed by atoms with Crippen LogP contribution in [0.1, 0.15) is 29.7 Å². The highest BCUT2D eigenvalue weighted by atomic mass is 35.5.